The molecule has 0 aliphatic carbocycles. The number of carbonyl (C=O) groups is 1. The Labute approximate surface area is 76.6 Å². The molecule has 2 N–H and O–H groups in total. The van der Waals surface area contributed by atoms with Crippen LogP contribution in [0.25, 0.3) is 0 Å². The highest BCUT2D eigenvalue weighted by atomic mass is 32.2. The molecule has 0 bridgehead atoms. The van der Waals surface area contributed by atoms with Crippen molar-refractivity contribution in [2.75, 3.05) is 6.54 Å². The molecule has 0 radical (unpaired) electrons. The van der Waals surface area contributed by atoms with Gasteiger partial charge in [-0.2, -0.15) is 8.42 Å². The van der Waals surface area contributed by atoms with Crippen molar-refractivity contribution in [3.8, 4) is 11.2 Å². The minimum atomic E-state index is -4.22. The zero-order valence-electron chi connectivity index (χ0n) is 6.78. The Balaban J connectivity index is 3.74. The first-order valence-electron chi connectivity index (χ1n) is 3.33. The van der Waals surface area contributed by atoms with E-state index in [-0.39, 0.29) is 18.9 Å². The van der Waals surface area contributed by atoms with E-state index in [4.69, 9.17) is 4.55 Å². The molecule has 0 aliphatic heterocycles. The highest BCUT2D eigenvalue weighted by molar-refractivity contribution is 7.90. The zero-order valence-corrected chi connectivity index (χ0v) is 7.60. The standard InChI is InChI=1S/C7H9NO4S/c1-2-7(9)8-5-3-4-6-13(10,11)12/h2H,1,3,5H2,(H,8,9)(H,10,11,12). The van der Waals surface area contributed by atoms with Crippen molar-refractivity contribution in [2.24, 2.45) is 0 Å². The SMILES string of the molecule is C=CC(=O)NCCC#CS(=O)(=O)O. The monoisotopic (exact) mass is 203 g/mol. The van der Waals surface area contributed by atoms with Gasteiger partial charge in [0.2, 0.25) is 5.91 Å². The molecule has 6 heteroatoms. The molecule has 0 aromatic rings. The lowest BCUT2D eigenvalue weighted by atomic mass is 10.4. The maximum Gasteiger partial charge on any atom is 0.335 e. The van der Waals surface area contributed by atoms with Gasteiger partial charge < -0.3 is 5.32 Å². The third-order valence-corrected chi connectivity index (χ3v) is 1.34. The number of carbonyl (C=O) groups excluding carboxylic acids is 1. The van der Waals surface area contributed by atoms with Crippen LogP contribution in [0.5, 0.6) is 0 Å². The Bertz CT molecular complexity index is 346. The van der Waals surface area contributed by atoms with E-state index in [1.54, 1.807) is 5.25 Å². The summed E-state index contributed by atoms with van der Waals surface area (Å²) in [4.78, 5) is 10.5. The zero-order chi connectivity index (χ0) is 10.3. The summed E-state index contributed by atoms with van der Waals surface area (Å²) in [7, 11) is -4.22. The minimum absolute atomic E-state index is 0.152. The Morgan fingerprint density at radius 1 is 1.62 bits per heavy atom. The van der Waals surface area contributed by atoms with Gasteiger partial charge in [0.25, 0.3) is 0 Å². The van der Waals surface area contributed by atoms with E-state index in [9.17, 15) is 13.2 Å². The van der Waals surface area contributed by atoms with Crippen LogP contribution in [0, 0.1) is 11.2 Å². The van der Waals surface area contributed by atoms with E-state index in [1.807, 2.05) is 0 Å². The predicted molar refractivity (Wildman–Crippen MR) is 47.1 cm³/mol. The first kappa shape index (κ1) is 11.7. The highest BCUT2D eigenvalue weighted by Gasteiger charge is 1.93. The average Bonchev–Trinajstić information content (AvgIpc) is 2.01. The molecule has 0 heterocycles. The van der Waals surface area contributed by atoms with E-state index in [0.717, 1.165) is 6.08 Å². The van der Waals surface area contributed by atoms with E-state index in [0.29, 0.717) is 0 Å². The van der Waals surface area contributed by atoms with Gasteiger partial charge in [-0.1, -0.05) is 12.5 Å². The van der Waals surface area contributed by atoms with Gasteiger partial charge in [-0.15, -0.1) is 0 Å². The third-order valence-electron chi connectivity index (χ3n) is 0.936. The Morgan fingerprint density at radius 3 is 2.69 bits per heavy atom. The fourth-order valence-corrected chi connectivity index (χ4v) is 0.747. The lowest BCUT2D eigenvalue weighted by Crippen LogP contribution is -2.21. The molecule has 0 rings (SSSR count). The summed E-state index contributed by atoms with van der Waals surface area (Å²) in [6.45, 7) is 3.43. The topological polar surface area (TPSA) is 83.5 Å². The summed E-state index contributed by atoms with van der Waals surface area (Å²) in [6.07, 6.45) is 1.25. The van der Waals surface area contributed by atoms with Gasteiger partial charge in [0.1, 0.15) is 0 Å². The fraction of sp³-hybridized carbons (Fsp3) is 0.286. The lowest BCUT2D eigenvalue weighted by Gasteiger charge is -1.94. The normalized spacial score (nSPS) is 9.62. The van der Waals surface area contributed by atoms with Crippen LogP contribution in [0.3, 0.4) is 0 Å². The average molecular weight is 203 g/mol. The van der Waals surface area contributed by atoms with Gasteiger partial charge in [0.05, 0.1) is 5.25 Å². The van der Waals surface area contributed by atoms with Crippen molar-refractivity contribution in [3.05, 3.63) is 12.7 Å². The van der Waals surface area contributed by atoms with Gasteiger partial charge in [-0.05, 0) is 6.08 Å². The van der Waals surface area contributed by atoms with Crippen molar-refractivity contribution in [2.45, 2.75) is 6.42 Å². The second kappa shape index (κ2) is 5.35. The van der Waals surface area contributed by atoms with E-state index in [2.05, 4.69) is 17.8 Å². The maximum atomic E-state index is 10.5. The molecule has 0 unspecified atom stereocenters. The van der Waals surface area contributed by atoms with Crippen LogP contribution in [-0.4, -0.2) is 25.4 Å². The van der Waals surface area contributed by atoms with E-state index in [1.165, 1.54) is 0 Å². The number of rotatable bonds is 3. The number of amides is 1. The molecule has 13 heavy (non-hydrogen) atoms. The Hall–Kier alpha value is -1.32. The van der Waals surface area contributed by atoms with Crippen molar-refractivity contribution < 1.29 is 17.8 Å². The van der Waals surface area contributed by atoms with Crippen molar-refractivity contribution in [3.63, 3.8) is 0 Å². The molecule has 0 aromatic heterocycles. The quantitative estimate of drug-likeness (QED) is 0.281. The van der Waals surface area contributed by atoms with Crippen LogP contribution in [0.2, 0.25) is 0 Å². The van der Waals surface area contributed by atoms with E-state index < -0.39 is 10.1 Å². The highest BCUT2D eigenvalue weighted by Crippen LogP contribution is 1.78. The maximum absolute atomic E-state index is 10.5. The van der Waals surface area contributed by atoms with Crippen LogP contribution in [0.1, 0.15) is 6.42 Å². The molecular formula is C7H9NO4S. The second-order valence-electron chi connectivity index (χ2n) is 2.00. The van der Waals surface area contributed by atoms with Gasteiger partial charge in [0.15, 0.2) is 0 Å². The number of nitrogens with one attached hydrogen (secondary N) is 1. The molecule has 0 saturated carbocycles. The first-order valence-corrected chi connectivity index (χ1v) is 4.77. The van der Waals surface area contributed by atoms with Crippen molar-refractivity contribution >= 4 is 16.0 Å². The summed E-state index contributed by atoms with van der Waals surface area (Å²) >= 11 is 0. The largest absolute Gasteiger partial charge is 0.352 e. The van der Waals surface area contributed by atoms with Crippen molar-refractivity contribution in [1.29, 1.82) is 0 Å². The Morgan fingerprint density at radius 2 is 2.23 bits per heavy atom. The van der Waals surface area contributed by atoms with Gasteiger partial charge in [-0.25, -0.2) is 0 Å². The summed E-state index contributed by atoms with van der Waals surface area (Å²) in [6, 6.07) is 0. The molecule has 0 aromatic carbocycles. The summed E-state index contributed by atoms with van der Waals surface area (Å²) in [5.41, 5.74) is 0. The van der Waals surface area contributed by atoms with Crippen LogP contribution >= 0.6 is 0 Å². The fourth-order valence-electron chi connectivity index (χ4n) is 0.463. The van der Waals surface area contributed by atoms with Crippen molar-refractivity contribution in [1.82, 2.24) is 5.32 Å². The third kappa shape index (κ3) is 8.59. The molecule has 0 saturated heterocycles. The molecule has 72 valence electrons. The Kier molecular flexibility index (Phi) is 4.80. The summed E-state index contributed by atoms with van der Waals surface area (Å²) in [5.74, 6) is 1.81. The summed E-state index contributed by atoms with van der Waals surface area (Å²) < 4.78 is 28.3. The molecule has 0 aliphatic rings. The van der Waals surface area contributed by atoms with Crippen LogP contribution in [0.4, 0.5) is 0 Å². The number of hydrogen-bond acceptors (Lipinski definition) is 3. The van der Waals surface area contributed by atoms with Crippen LogP contribution < -0.4 is 5.32 Å². The molecule has 0 fully saturated rings. The summed E-state index contributed by atoms with van der Waals surface area (Å²) in [5, 5.41) is 4.00. The second-order valence-corrected chi connectivity index (χ2v) is 3.15. The van der Waals surface area contributed by atoms with Gasteiger partial charge in [-0.3, -0.25) is 9.35 Å². The molecular weight excluding hydrogens is 194 g/mol. The molecule has 5 nitrogen and oxygen atoms in total. The van der Waals surface area contributed by atoms with Crippen LogP contribution in [-0.2, 0) is 14.9 Å². The number of hydrogen-bond donors (Lipinski definition) is 2. The smallest absolute Gasteiger partial charge is 0.335 e. The van der Waals surface area contributed by atoms with Gasteiger partial charge in [0, 0.05) is 13.0 Å². The molecule has 0 atom stereocenters. The lowest BCUT2D eigenvalue weighted by molar-refractivity contribution is -0.116. The minimum Gasteiger partial charge on any atom is -0.352 e. The van der Waals surface area contributed by atoms with E-state index >= 15 is 0 Å². The van der Waals surface area contributed by atoms with Gasteiger partial charge >= 0.3 is 10.1 Å². The molecule has 1 amide bonds. The first-order chi connectivity index (χ1) is 5.95. The predicted octanol–water partition coefficient (Wildman–Crippen LogP) is -0.473. The van der Waals surface area contributed by atoms with Crippen LogP contribution in [0.15, 0.2) is 12.7 Å². The molecule has 0 spiro atoms.